The summed E-state index contributed by atoms with van der Waals surface area (Å²) in [6.45, 7) is -0.215. The second kappa shape index (κ2) is 11.9. The number of carbonyl (C=O) groups excluding carboxylic acids is 4. The molecule has 206 valence electrons. The van der Waals surface area contributed by atoms with Crippen LogP contribution in [0.2, 0.25) is 20.1 Å². The summed E-state index contributed by atoms with van der Waals surface area (Å²) < 4.78 is 10.7. The molecule has 41 heavy (non-hydrogen) atoms. The Morgan fingerprint density at radius 2 is 1.15 bits per heavy atom. The zero-order valence-electron chi connectivity index (χ0n) is 20.8. The topological polar surface area (TPSA) is 90.0 Å². The van der Waals surface area contributed by atoms with Gasteiger partial charge < -0.3 is 9.47 Å². The minimum absolute atomic E-state index is 0.0272. The lowest BCUT2D eigenvalue weighted by molar-refractivity contribution is 0.0464. The maximum Gasteiger partial charge on any atom is 0.338 e. The van der Waals surface area contributed by atoms with Gasteiger partial charge in [0, 0.05) is 31.2 Å². The summed E-state index contributed by atoms with van der Waals surface area (Å²) in [7, 11) is 0. The normalized spacial score (nSPS) is 12.3. The van der Waals surface area contributed by atoms with Crippen molar-refractivity contribution in [2.45, 2.75) is 13.2 Å². The van der Waals surface area contributed by atoms with Crippen LogP contribution in [0.3, 0.4) is 0 Å². The summed E-state index contributed by atoms with van der Waals surface area (Å²) in [6.07, 6.45) is 0. The predicted octanol–water partition coefficient (Wildman–Crippen LogP) is 7.81. The summed E-state index contributed by atoms with van der Waals surface area (Å²) in [5.74, 6) is -2.64. The Kier molecular flexibility index (Phi) is 8.33. The third kappa shape index (κ3) is 6.09. The van der Waals surface area contributed by atoms with Gasteiger partial charge >= 0.3 is 11.9 Å². The van der Waals surface area contributed by atoms with Gasteiger partial charge in [0.05, 0.1) is 27.9 Å². The SMILES string of the molecule is O=C(OCc1ccc(Cl)cc1Cl)c1cccc(N2C(=O)c3ccc(C(=O)OCc4ccc(Cl)cc4Cl)cc3C2=O)c1. The average molecular weight is 629 g/mol. The fraction of sp³-hybridized carbons (Fsp3) is 0.0667. The second-order valence-corrected chi connectivity index (χ2v) is 10.6. The number of amides is 2. The minimum Gasteiger partial charge on any atom is -0.457 e. The summed E-state index contributed by atoms with van der Waals surface area (Å²) in [5.41, 5.74) is 1.61. The Hall–Kier alpha value is -3.88. The van der Waals surface area contributed by atoms with Crippen LogP contribution < -0.4 is 4.90 Å². The Balaban J connectivity index is 1.30. The van der Waals surface area contributed by atoms with Crippen molar-refractivity contribution in [1.29, 1.82) is 0 Å². The molecule has 1 heterocycles. The number of benzene rings is 4. The third-order valence-electron chi connectivity index (χ3n) is 6.21. The van der Waals surface area contributed by atoms with Gasteiger partial charge in [-0.2, -0.15) is 0 Å². The molecule has 4 aromatic carbocycles. The molecule has 2 amide bonds. The second-order valence-electron chi connectivity index (χ2n) is 8.88. The monoisotopic (exact) mass is 627 g/mol. The zero-order valence-corrected chi connectivity index (χ0v) is 23.9. The van der Waals surface area contributed by atoms with Crippen molar-refractivity contribution in [1.82, 2.24) is 0 Å². The molecule has 0 aromatic heterocycles. The van der Waals surface area contributed by atoms with Crippen LogP contribution in [0.4, 0.5) is 5.69 Å². The highest BCUT2D eigenvalue weighted by molar-refractivity contribution is 6.36. The Labute approximate surface area is 254 Å². The van der Waals surface area contributed by atoms with Crippen LogP contribution in [0.1, 0.15) is 52.6 Å². The standard InChI is InChI=1S/C30H17Cl4NO6/c31-20-7-4-18(25(33)12-20)14-40-29(38)16-2-1-3-22(10-16)35-27(36)23-9-6-17(11-24(23)28(35)37)30(39)41-15-19-5-8-21(32)13-26(19)34/h1-13H,14-15H2. The fourth-order valence-electron chi connectivity index (χ4n) is 4.11. The third-order valence-corrected chi connectivity index (χ3v) is 7.38. The van der Waals surface area contributed by atoms with E-state index in [4.69, 9.17) is 55.9 Å². The van der Waals surface area contributed by atoms with Crippen molar-refractivity contribution < 1.29 is 28.7 Å². The van der Waals surface area contributed by atoms with Crippen molar-refractivity contribution in [3.63, 3.8) is 0 Å². The van der Waals surface area contributed by atoms with E-state index in [0.29, 0.717) is 31.2 Å². The molecule has 0 saturated heterocycles. The van der Waals surface area contributed by atoms with Gasteiger partial charge in [-0.05, 0) is 60.7 Å². The molecule has 4 aromatic rings. The van der Waals surface area contributed by atoms with Crippen LogP contribution in [-0.4, -0.2) is 23.8 Å². The van der Waals surface area contributed by atoms with E-state index in [1.54, 1.807) is 24.3 Å². The Morgan fingerprint density at radius 1 is 0.610 bits per heavy atom. The smallest absolute Gasteiger partial charge is 0.338 e. The molecule has 1 aliphatic rings. The van der Waals surface area contributed by atoms with Crippen LogP contribution in [0.25, 0.3) is 0 Å². The first-order valence-corrected chi connectivity index (χ1v) is 13.5. The number of fused-ring (bicyclic) bond motifs is 1. The summed E-state index contributed by atoms with van der Waals surface area (Å²) >= 11 is 24.1. The number of rotatable bonds is 7. The number of esters is 2. The van der Waals surface area contributed by atoms with Crippen molar-refractivity contribution in [3.05, 3.63) is 132 Å². The first-order chi connectivity index (χ1) is 19.6. The lowest BCUT2D eigenvalue weighted by Gasteiger charge is -2.15. The number of imide groups is 1. The molecule has 0 saturated carbocycles. The van der Waals surface area contributed by atoms with E-state index in [1.165, 1.54) is 54.6 Å². The first-order valence-electron chi connectivity index (χ1n) is 12.0. The van der Waals surface area contributed by atoms with E-state index < -0.39 is 23.8 Å². The van der Waals surface area contributed by atoms with Crippen LogP contribution >= 0.6 is 46.4 Å². The van der Waals surface area contributed by atoms with Gasteiger partial charge in [-0.25, -0.2) is 14.5 Å². The van der Waals surface area contributed by atoms with Gasteiger partial charge in [0.25, 0.3) is 11.8 Å². The lowest BCUT2D eigenvalue weighted by Crippen LogP contribution is -2.29. The van der Waals surface area contributed by atoms with Gasteiger partial charge in [-0.1, -0.05) is 64.6 Å². The number of hydrogen-bond acceptors (Lipinski definition) is 6. The van der Waals surface area contributed by atoms with Crippen molar-refractivity contribution >= 4 is 75.8 Å². The number of ether oxygens (including phenoxy) is 2. The van der Waals surface area contributed by atoms with Gasteiger partial charge in [0.1, 0.15) is 13.2 Å². The van der Waals surface area contributed by atoms with Crippen molar-refractivity contribution in [3.8, 4) is 0 Å². The highest BCUT2D eigenvalue weighted by Gasteiger charge is 2.37. The maximum atomic E-state index is 13.3. The van der Waals surface area contributed by atoms with Crippen molar-refractivity contribution in [2.75, 3.05) is 4.90 Å². The van der Waals surface area contributed by atoms with E-state index in [9.17, 15) is 19.2 Å². The van der Waals surface area contributed by atoms with E-state index in [-0.39, 0.29) is 41.2 Å². The number of halogens is 4. The molecule has 0 bridgehead atoms. The van der Waals surface area contributed by atoms with Gasteiger partial charge in [-0.15, -0.1) is 0 Å². The lowest BCUT2D eigenvalue weighted by atomic mass is 10.1. The largest absolute Gasteiger partial charge is 0.457 e. The van der Waals surface area contributed by atoms with Crippen LogP contribution in [0.5, 0.6) is 0 Å². The van der Waals surface area contributed by atoms with Crippen molar-refractivity contribution in [2.24, 2.45) is 0 Å². The molecular formula is C30H17Cl4NO6. The van der Waals surface area contributed by atoms with E-state index >= 15 is 0 Å². The molecule has 0 spiro atoms. The number of carbonyl (C=O) groups is 4. The molecule has 0 aliphatic carbocycles. The molecule has 0 unspecified atom stereocenters. The first kappa shape index (κ1) is 28.6. The molecule has 5 rings (SSSR count). The molecule has 0 atom stereocenters. The van der Waals surface area contributed by atoms with Gasteiger partial charge in [0.2, 0.25) is 0 Å². The molecule has 0 radical (unpaired) electrons. The van der Waals surface area contributed by atoms with Crippen LogP contribution in [0.15, 0.2) is 78.9 Å². The summed E-state index contributed by atoms with van der Waals surface area (Å²) in [5, 5.41) is 1.59. The molecule has 11 heteroatoms. The van der Waals surface area contributed by atoms with E-state index in [1.807, 2.05) is 0 Å². The Morgan fingerprint density at radius 3 is 1.71 bits per heavy atom. The molecular weight excluding hydrogens is 612 g/mol. The predicted molar refractivity (Wildman–Crippen MR) is 155 cm³/mol. The van der Waals surface area contributed by atoms with Crippen LogP contribution in [0, 0.1) is 0 Å². The number of hydrogen-bond donors (Lipinski definition) is 0. The Bertz CT molecular complexity index is 1740. The highest BCUT2D eigenvalue weighted by Crippen LogP contribution is 2.31. The summed E-state index contributed by atoms with van der Waals surface area (Å²) in [4.78, 5) is 52.8. The zero-order chi connectivity index (χ0) is 29.3. The number of nitrogens with zero attached hydrogens (tertiary/aromatic N) is 1. The molecule has 0 fully saturated rings. The van der Waals surface area contributed by atoms with Gasteiger partial charge in [0.15, 0.2) is 0 Å². The number of anilines is 1. The van der Waals surface area contributed by atoms with E-state index in [0.717, 1.165) is 4.90 Å². The van der Waals surface area contributed by atoms with E-state index in [2.05, 4.69) is 0 Å². The highest BCUT2D eigenvalue weighted by atomic mass is 35.5. The quantitative estimate of drug-likeness (QED) is 0.153. The maximum absolute atomic E-state index is 13.3. The minimum atomic E-state index is -0.706. The van der Waals surface area contributed by atoms with Crippen LogP contribution in [-0.2, 0) is 22.7 Å². The molecule has 7 nitrogen and oxygen atoms in total. The molecule has 0 N–H and O–H groups in total. The van der Waals surface area contributed by atoms with Gasteiger partial charge in [-0.3, -0.25) is 9.59 Å². The molecule has 1 aliphatic heterocycles. The average Bonchev–Trinajstić information content (AvgIpc) is 3.20. The fourth-order valence-corrected chi connectivity index (χ4v) is 5.03. The summed E-state index contributed by atoms with van der Waals surface area (Å²) in [6, 6.07) is 19.6.